The Labute approximate surface area is 424 Å². The first-order chi connectivity index (χ1) is 34.0. The van der Waals surface area contributed by atoms with Crippen molar-refractivity contribution >= 4 is 17.9 Å². The number of unbranched alkanes of at least 4 members (excludes halogenated alkanes) is 23. The van der Waals surface area contributed by atoms with Gasteiger partial charge in [-0.15, -0.1) is 0 Å². The molecule has 0 aliphatic heterocycles. The summed E-state index contributed by atoms with van der Waals surface area (Å²) in [5.74, 6) is -1.000. The van der Waals surface area contributed by atoms with Gasteiger partial charge in [0.05, 0.1) is 0 Å². The molecule has 0 aromatic carbocycles. The summed E-state index contributed by atoms with van der Waals surface area (Å²) in [5.41, 5.74) is 0. The van der Waals surface area contributed by atoms with Crippen molar-refractivity contribution in [1.29, 1.82) is 0 Å². The van der Waals surface area contributed by atoms with E-state index in [4.69, 9.17) is 14.2 Å². The van der Waals surface area contributed by atoms with Crippen molar-refractivity contribution in [2.45, 2.75) is 232 Å². The van der Waals surface area contributed by atoms with Crippen molar-refractivity contribution in [3.8, 4) is 0 Å². The van der Waals surface area contributed by atoms with Crippen LogP contribution in [-0.4, -0.2) is 37.2 Å². The van der Waals surface area contributed by atoms with Gasteiger partial charge in [-0.25, -0.2) is 0 Å². The second-order valence-corrected chi connectivity index (χ2v) is 18.0. The van der Waals surface area contributed by atoms with Gasteiger partial charge in [-0.2, -0.15) is 0 Å². The SMILES string of the molecule is CC\C=C/C=C\C=C/C=C\C=C\C=C/C=C\CCCCCC(=O)OCC(COC(=O)CCCCC/C=C\CCCCCCCCC)OC(=O)CCCCCCC\C=C/C=C\C=C/CCCCCCC. The maximum absolute atomic E-state index is 12.8. The summed E-state index contributed by atoms with van der Waals surface area (Å²) >= 11 is 0. The quantitative estimate of drug-likeness (QED) is 0.0199. The molecule has 0 fully saturated rings. The second-order valence-electron chi connectivity index (χ2n) is 18.0. The van der Waals surface area contributed by atoms with E-state index in [1.54, 1.807) is 0 Å². The Morgan fingerprint density at radius 3 is 0.942 bits per heavy atom. The Hall–Kier alpha value is -4.45. The number of hydrogen-bond acceptors (Lipinski definition) is 6. The fourth-order valence-electron chi connectivity index (χ4n) is 7.19. The highest BCUT2D eigenvalue weighted by atomic mass is 16.6. The highest BCUT2D eigenvalue weighted by Gasteiger charge is 2.19. The highest BCUT2D eigenvalue weighted by molar-refractivity contribution is 5.71. The average Bonchev–Trinajstić information content (AvgIpc) is 3.35. The first-order valence-corrected chi connectivity index (χ1v) is 27.8. The summed E-state index contributed by atoms with van der Waals surface area (Å²) in [6.45, 7) is 6.39. The third-order valence-corrected chi connectivity index (χ3v) is 11.4. The molecule has 0 aromatic rings. The van der Waals surface area contributed by atoms with Gasteiger partial charge in [0.25, 0.3) is 0 Å². The third kappa shape index (κ3) is 54.4. The zero-order valence-electron chi connectivity index (χ0n) is 44.3. The number of carbonyl (C=O) groups is 3. The summed E-state index contributed by atoms with van der Waals surface area (Å²) in [6, 6.07) is 0. The lowest BCUT2D eigenvalue weighted by atomic mass is 10.1. The monoisotopic (exact) mass is 953 g/mol. The largest absolute Gasteiger partial charge is 0.462 e. The van der Waals surface area contributed by atoms with E-state index in [-0.39, 0.29) is 37.5 Å². The molecule has 6 nitrogen and oxygen atoms in total. The van der Waals surface area contributed by atoms with Gasteiger partial charge < -0.3 is 14.2 Å². The lowest BCUT2D eigenvalue weighted by Gasteiger charge is -2.18. The summed E-state index contributed by atoms with van der Waals surface area (Å²) in [5, 5.41) is 0. The van der Waals surface area contributed by atoms with E-state index >= 15 is 0 Å². The minimum absolute atomic E-state index is 0.114. The molecule has 0 radical (unpaired) electrons. The standard InChI is InChI=1S/C63H100O6/c1-4-7-10-13-16-19-22-25-28-30-32-34-35-38-41-44-47-50-53-56-62(65)68-59-60(58-67-61(64)55-52-49-46-43-40-37-27-24-21-18-15-12-9-6-3)69-63(66)57-54-51-48-45-42-39-36-33-31-29-26-23-20-17-14-11-8-5-2/h7,10,13,16,19,22-23,25-26,28-38,40-41,60H,4-6,8-9,11-12,14-15,17-18,20-21,24,27,39,42-59H2,1-3H3/b10-7-,16-13-,22-19-,26-23-,28-25-,31-29-,32-30+,35-34-,36-33-,40-37-,41-38-. The van der Waals surface area contributed by atoms with Gasteiger partial charge in [-0.05, 0) is 89.9 Å². The Kier molecular flexibility index (Phi) is 52.5. The fraction of sp³-hybridized carbons (Fsp3) is 0.603. The first kappa shape index (κ1) is 64.5. The Bertz CT molecular complexity index is 1510. The predicted octanol–water partition coefficient (Wildman–Crippen LogP) is 18.6. The van der Waals surface area contributed by atoms with Crippen molar-refractivity contribution in [2.75, 3.05) is 13.2 Å². The van der Waals surface area contributed by atoms with Crippen LogP contribution in [0, 0.1) is 0 Å². The van der Waals surface area contributed by atoms with E-state index in [1.807, 2.05) is 72.9 Å². The Balaban J connectivity index is 4.58. The smallest absolute Gasteiger partial charge is 0.306 e. The molecule has 6 heteroatoms. The molecular weight excluding hydrogens is 853 g/mol. The summed E-state index contributed by atoms with van der Waals surface area (Å²) in [4.78, 5) is 38.1. The van der Waals surface area contributed by atoms with Crippen LogP contribution < -0.4 is 0 Å². The van der Waals surface area contributed by atoms with Gasteiger partial charge in [0, 0.05) is 19.3 Å². The van der Waals surface area contributed by atoms with E-state index < -0.39 is 6.10 Å². The van der Waals surface area contributed by atoms with Crippen molar-refractivity contribution in [3.05, 3.63) is 134 Å². The lowest BCUT2D eigenvalue weighted by Crippen LogP contribution is -2.30. The van der Waals surface area contributed by atoms with E-state index in [2.05, 4.69) is 81.5 Å². The van der Waals surface area contributed by atoms with E-state index in [0.717, 1.165) is 109 Å². The molecule has 0 spiro atoms. The van der Waals surface area contributed by atoms with Crippen LogP contribution in [0.2, 0.25) is 0 Å². The van der Waals surface area contributed by atoms with Crippen LogP contribution in [0.1, 0.15) is 226 Å². The van der Waals surface area contributed by atoms with E-state index in [9.17, 15) is 14.4 Å². The molecule has 0 N–H and O–H groups in total. The molecule has 0 aliphatic carbocycles. The molecule has 1 atom stereocenters. The number of carbonyl (C=O) groups excluding carboxylic acids is 3. The Morgan fingerprint density at radius 1 is 0.304 bits per heavy atom. The molecule has 1 unspecified atom stereocenters. The predicted molar refractivity (Wildman–Crippen MR) is 297 cm³/mol. The lowest BCUT2D eigenvalue weighted by molar-refractivity contribution is -0.167. The maximum atomic E-state index is 12.8. The highest BCUT2D eigenvalue weighted by Crippen LogP contribution is 2.13. The maximum Gasteiger partial charge on any atom is 0.306 e. The van der Waals surface area contributed by atoms with Crippen LogP contribution in [0.5, 0.6) is 0 Å². The minimum Gasteiger partial charge on any atom is -0.462 e. The van der Waals surface area contributed by atoms with Crippen molar-refractivity contribution in [1.82, 2.24) is 0 Å². The van der Waals surface area contributed by atoms with E-state index in [0.29, 0.717) is 12.8 Å². The summed E-state index contributed by atoms with van der Waals surface area (Å²) < 4.78 is 16.8. The normalized spacial score (nSPS) is 13.1. The van der Waals surface area contributed by atoms with Crippen molar-refractivity contribution in [2.24, 2.45) is 0 Å². The average molecular weight is 953 g/mol. The summed E-state index contributed by atoms with van der Waals surface area (Å²) in [7, 11) is 0. The van der Waals surface area contributed by atoms with Crippen molar-refractivity contribution in [3.63, 3.8) is 0 Å². The van der Waals surface area contributed by atoms with Crippen LogP contribution in [0.15, 0.2) is 134 Å². The molecule has 0 bridgehead atoms. The zero-order chi connectivity index (χ0) is 50.0. The molecule has 0 saturated carbocycles. The van der Waals surface area contributed by atoms with Gasteiger partial charge in [-0.3, -0.25) is 14.4 Å². The van der Waals surface area contributed by atoms with Gasteiger partial charge in [0.2, 0.25) is 0 Å². The molecule has 0 heterocycles. The van der Waals surface area contributed by atoms with Crippen LogP contribution in [0.4, 0.5) is 0 Å². The van der Waals surface area contributed by atoms with Crippen molar-refractivity contribution < 1.29 is 28.6 Å². The van der Waals surface area contributed by atoms with Crippen LogP contribution in [0.25, 0.3) is 0 Å². The molecule has 0 amide bonds. The van der Waals surface area contributed by atoms with Crippen LogP contribution >= 0.6 is 0 Å². The molecular formula is C63H100O6. The zero-order valence-corrected chi connectivity index (χ0v) is 44.3. The van der Waals surface area contributed by atoms with Crippen LogP contribution in [0.3, 0.4) is 0 Å². The number of esters is 3. The van der Waals surface area contributed by atoms with E-state index in [1.165, 1.54) is 77.0 Å². The molecule has 388 valence electrons. The van der Waals surface area contributed by atoms with Gasteiger partial charge in [0.15, 0.2) is 6.10 Å². The second kappa shape index (κ2) is 56.1. The number of rotatable bonds is 48. The van der Waals surface area contributed by atoms with Crippen LogP contribution in [-0.2, 0) is 28.6 Å². The number of hydrogen-bond donors (Lipinski definition) is 0. The topological polar surface area (TPSA) is 78.9 Å². The number of ether oxygens (including phenoxy) is 3. The number of allylic oxidation sites excluding steroid dienone is 22. The van der Waals surface area contributed by atoms with Gasteiger partial charge in [0.1, 0.15) is 13.2 Å². The molecule has 0 aliphatic rings. The molecule has 69 heavy (non-hydrogen) atoms. The fourth-order valence-corrected chi connectivity index (χ4v) is 7.19. The third-order valence-electron chi connectivity index (χ3n) is 11.4. The minimum atomic E-state index is -0.819. The molecule has 0 aromatic heterocycles. The Morgan fingerprint density at radius 2 is 0.580 bits per heavy atom. The van der Waals surface area contributed by atoms with Gasteiger partial charge in [-0.1, -0.05) is 251 Å². The first-order valence-electron chi connectivity index (χ1n) is 27.8. The summed E-state index contributed by atoms with van der Waals surface area (Å²) in [6.07, 6.45) is 78.6. The van der Waals surface area contributed by atoms with Gasteiger partial charge >= 0.3 is 17.9 Å². The molecule has 0 saturated heterocycles. The molecule has 0 rings (SSSR count).